The number of hydrogen-bond donors (Lipinski definition) is 0. The first-order valence-corrected chi connectivity index (χ1v) is 7.76. The summed E-state index contributed by atoms with van der Waals surface area (Å²) in [7, 11) is 0. The summed E-state index contributed by atoms with van der Waals surface area (Å²) in [4.78, 5) is 5.36. The third-order valence-corrected chi connectivity index (χ3v) is 4.89. The van der Waals surface area contributed by atoms with Gasteiger partial charge in [-0.2, -0.15) is 0 Å². The highest BCUT2D eigenvalue weighted by Gasteiger charge is 2.31. The van der Waals surface area contributed by atoms with Gasteiger partial charge in [0.2, 0.25) is 0 Å². The monoisotopic (exact) mass is 258 g/mol. The van der Waals surface area contributed by atoms with Crippen molar-refractivity contribution in [2.45, 2.75) is 51.7 Å². The van der Waals surface area contributed by atoms with E-state index < -0.39 is 0 Å². The lowest BCUT2D eigenvalue weighted by Crippen LogP contribution is -2.55. The predicted molar refractivity (Wildman–Crippen MR) is 80.3 cm³/mol. The molecule has 1 aromatic carbocycles. The Morgan fingerprint density at radius 3 is 2.42 bits per heavy atom. The maximum Gasteiger partial charge on any atom is 0.0237 e. The number of hydrogen-bond acceptors (Lipinski definition) is 2. The summed E-state index contributed by atoms with van der Waals surface area (Å²) in [6.45, 7) is 9.41. The number of piperazine rings is 1. The topological polar surface area (TPSA) is 6.48 Å². The molecule has 1 atom stereocenters. The van der Waals surface area contributed by atoms with Crippen LogP contribution in [0.5, 0.6) is 0 Å². The SMILES string of the molecule is Cc1ccc(CN2CCN(C3CCC3)CC2C)cc1. The van der Waals surface area contributed by atoms with Crippen molar-refractivity contribution in [1.29, 1.82) is 0 Å². The zero-order chi connectivity index (χ0) is 13.2. The first kappa shape index (κ1) is 13.1. The smallest absolute Gasteiger partial charge is 0.0237 e. The van der Waals surface area contributed by atoms with Gasteiger partial charge in [-0.15, -0.1) is 0 Å². The molecule has 2 aliphatic rings. The molecule has 0 radical (unpaired) electrons. The number of nitrogens with zero attached hydrogens (tertiary/aromatic N) is 2. The van der Waals surface area contributed by atoms with Crippen molar-refractivity contribution in [3.05, 3.63) is 35.4 Å². The van der Waals surface area contributed by atoms with Crippen LogP contribution in [0, 0.1) is 6.92 Å². The average molecular weight is 258 g/mol. The Balaban J connectivity index is 1.56. The Hall–Kier alpha value is -0.860. The van der Waals surface area contributed by atoms with Crippen LogP contribution < -0.4 is 0 Å². The lowest BCUT2D eigenvalue weighted by Gasteiger charge is -2.46. The summed E-state index contributed by atoms with van der Waals surface area (Å²) in [5, 5.41) is 0. The van der Waals surface area contributed by atoms with Crippen LogP contribution in [-0.4, -0.2) is 41.5 Å². The zero-order valence-corrected chi connectivity index (χ0v) is 12.3. The van der Waals surface area contributed by atoms with E-state index in [-0.39, 0.29) is 0 Å². The van der Waals surface area contributed by atoms with Gasteiger partial charge >= 0.3 is 0 Å². The molecule has 2 fully saturated rings. The second kappa shape index (κ2) is 5.64. The Morgan fingerprint density at radius 2 is 1.84 bits per heavy atom. The van der Waals surface area contributed by atoms with Crippen LogP contribution in [0.15, 0.2) is 24.3 Å². The van der Waals surface area contributed by atoms with Crippen molar-refractivity contribution < 1.29 is 0 Å². The summed E-state index contributed by atoms with van der Waals surface area (Å²) in [5.41, 5.74) is 2.81. The third kappa shape index (κ3) is 3.01. The number of rotatable bonds is 3. The van der Waals surface area contributed by atoms with Gasteiger partial charge in [-0.25, -0.2) is 0 Å². The largest absolute Gasteiger partial charge is 0.298 e. The van der Waals surface area contributed by atoms with E-state index in [0.29, 0.717) is 6.04 Å². The van der Waals surface area contributed by atoms with Crippen LogP contribution in [0.25, 0.3) is 0 Å². The Kier molecular flexibility index (Phi) is 3.90. The van der Waals surface area contributed by atoms with Crippen LogP contribution in [-0.2, 0) is 6.54 Å². The molecule has 1 aromatic rings. The van der Waals surface area contributed by atoms with Crippen LogP contribution in [0.1, 0.15) is 37.3 Å². The minimum Gasteiger partial charge on any atom is -0.298 e. The van der Waals surface area contributed by atoms with Crippen LogP contribution >= 0.6 is 0 Å². The highest BCUT2D eigenvalue weighted by atomic mass is 15.3. The molecule has 0 aromatic heterocycles. The van der Waals surface area contributed by atoms with Crippen LogP contribution in [0.2, 0.25) is 0 Å². The van der Waals surface area contributed by atoms with Gasteiger partial charge in [0.15, 0.2) is 0 Å². The fourth-order valence-electron chi connectivity index (χ4n) is 3.27. The highest BCUT2D eigenvalue weighted by molar-refractivity contribution is 5.21. The zero-order valence-electron chi connectivity index (χ0n) is 12.3. The maximum absolute atomic E-state index is 2.72. The van der Waals surface area contributed by atoms with Crippen molar-refractivity contribution in [2.75, 3.05) is 19.6 Å². The van der Waals surface area contributed by atoms with Gasteiger partial charge in [-0.1, -0.05) is 36.2 Å². The Morgan fingerprint density at radius 1 is 1.11 bits per heavy atom. The second-order valence-electron chi connectivity index (χ2n) is 6.38. The maximum atomic E-state index is 2.72. The van der Waals surface area contributed by atoms with Gasteiger partial charge in [-0.05, 0) is 32.3 Å². The molecule has 104 valence electrons. The second-order valence-corrected chi connectivity index (χ2v) is 6.38. The minimum atomic E-state index is 0.690. The quantitative estimate of drug-likeness (QED) is 0.822. The van der Waals surface area contributed by atoms with Crippen LogP contribution in [0.3, 0.4) is 0 Å². The van der Waals surface area contributed by atoms with E-state index in [0.717, 1.165) is 12.6 Å². The number of benzene rings is 1. The van der Waals surface area contributed by atoms with E-state index in [9.17, 15) is 0 Å². The van der Waals surface area contributed by atoms with E-state index in [2.05, 4.69) is 47.9 Å². The fourth-order valence-corrected chi connectivity index (χ4v) is 3.27. The standard InChI is InChI=1S/C17H26N2/c1-14-6-8-16(9-7-14)13-18-10-11-19(12-15(18)2)17-4-3-5-17/h6-9,15,17H,3-5,10-13H2,1-2H3. The molecular formula is C17H26N2. The first-order valence-electron chi connectivity index (χ1n) is 7.76. The van der Waals surface area contributed by atoms with Crippen molar-refractivity contribution >= 4 is 0 Å². The predicted octanol–water partition coefficient (Wildman–Crippen LogP) is 3.05. The highest BCUT2D eigenvalue weighted by Crippen LogP contribution is 2.27. The summed E-state index contributed by atoms with van der Waals surface area (Å²) in [5.74, 6) is 0. The molecule has 1 aliphatic carbocycles. The summed E-state index contributed by atoms with van der Waals surface area (Å²) >= 11 is 0. The first-order chi connectivity index (χ1) is 9.22. The summed E-state index contributed by atoms with van der Waals surface area (Å²) in [6.07, 6.45) is 4.32. The molecule has 2 nitrogen and oxygen atoms in total. The lowest BCUT2D eigenvalue weighted by molar-refractivity contribution is 0.0261. The Labute approximate surface area is 117 Å². The normalized spacial score (nSPS) is 26.3. The van der Waals surface area contributed by atoms with E-state index >= 15 is 0 Å². The van der Waals surface area contributed by atoms with Gasteiger partial charge < -0.3 is 0 Å². The Bertz CT molecular complexity index is 408. The van der Waals surface area contributed by atoms with Gasteiger partial charge in [0.1, 0.15) is 0 Å². The van der Waals surface area contributed by atoms with Gasteiger partial charge in [0, 0.05) is 38.3 Å². The molecule has 1 saturated carbocycles. The molecule has 3 rings (SSSR count). The van der Waals surface area contributed by atoms with Crippen molar-refractivity contribution in [3.8, 4) is 0 Å². The molecule has 19 heavy (non-hydrogen) atoms. The van der Waals surface area contributed by atoms with Crippen molar-refractivity contribution in [2.24, 2.45) is 0 Å². The molecular weight excluding hydrogens is 232 g/mol. The van der Waals surface area contributed by atoms with Crippen LogP contribution in [0.4, 0.5) is 0 Å². The van der Waals surface area contributed by atoms with Crippen molar-refractivity contribution in [1.82, 2.24) is 9.80 Å². The fraction of sp³-hybridized carbons (Fsp3) is 0.647. The number of aryl methyl sites for hydroxylation is 1. The van der Waals surface area contributed by atoms with Gasteiger partial charge in [0.05, 0.1) is 0 Å². The van der Waals surface area contributed by atoms with Crippen molar-refractivity contribution in [3.63, 3.8) is 0 Å². The summed E-state index contributed by atoms with van der Waals surface area (Å²) in [6, 6.07) is 10.6. The molecule has 1 heterocycles. The average Bonchev–Trinajstić information content (AvgIpc) is 2.33. The van der Waals surface area contributed by atoms with Gasteiger partial charge in [-0.3, -0.25) is 9.80 Å². The van der Waals surface area contributed by atoms with Gasteiger partial charge in [0.25, 0.3) is 0 Å². The lowest BCUT2D eigenvalue weighted by atomic mass is 9.90. The van der Waals surface area contributed by atoms with E-state index in [4.69, 9.17) is 0 Å². The molecule has 0 bridgehead atoms. The van der Waals surface area contributed by atoms with E-state index in [1.54, 1.807) is 0 Å². The molecule has 1 aliphatic heterocycles. The van der Waals surface area contributed by atoms with E-state index in [1.165, 1.54) is 50.0 Å². The molecule has 2 heteroatoms. The molecule has 1 unspecified atom stereocenters. The van der Waals surface area contributed by atoms with E-state index in [1.807, 2.05) is 0 Å². The molecule has 1 saturated heterocycles. The third-order valence-electron chi connectivity index (χ3n) is 4.89. The molecule has 0 N–H and O–H groups in total. The minimum absolute atomic E-state index is 0.690. The summed E-state index contributed by atoms with van der Waals surface area (Å²) < 4.78 is 0. The molecule has 0 amide bonds. The molecule has 0 spiro atoms.